The number of fused-ring (bicyclic) bond motifs is 2. The number of hydrogen-bond acceptors (Lipinski definition) is 4. The summed E-state index contributed by atoms with van der Waals surface area (Å²) in [7, 11) is 1.65. The lowest BCUT2D eigenvalue weighted by atomic mass is 9.80. The van der Waals surface area contributed by atoms with Crippen LogP contribution in [0.1, 0.15) is 39.7 Å². The molecular formula is C25H22O4S. The second-order valence-electron chi connectivity index (χ2n) is 7.84. The van der Waals surface area contributed by atoms with Gasteiger partial charge in [-0.05, 0) is 53.4 Å². The fraction of sp³-hybridized carbons (Fsp3) is 0.240. The van der Waals surface area contributed by atoms with E-state index in [-0.39, 0.29) is 29.7 Å². The quantitative estimate of drug-likeness (QED) is 0.600. The molecule has 1 heterocycles. The van der Waals surface area contributed by atoms with Gasteiger partial charge in [-0.15, -0.1) is 12.6 Å². The van der Waals surface area contributed by atoms with Crippen molar-refractivity contribution in [1.82, 2.24) is 0 Å². The Morgan fingerprint density at radius 2 is 1.60 bits per heavy atom. The minimum atomic E-state index is -0.320. The van der Waals surface area contributed by atoms with E-state index in [1.807, 2.05) is 42.5 Å². The third-order valence-electron chi connectivity index (χ3n) is 6.15. The van der Waals surface area contributed by atoms with Gasteiger partial charge >= 0.3 is 0 Å². The topological polar surface area (TPSA) is 44.8 Å². The Bertz CT molecular complexity index is 1120. The molecule has 0 saturated carbocycles. The van der Waals surface area contributed by atoms with E-state index < -0.39 is 0 Å². The zero-order valence-corrected chi connectivity index (χ0v) is 17.7. The summed E-state index contributed by atoms with van der Waals surface area (Å²) in [6, 6.07) is 20.4. The van der Waals surface area contributed by atoms with Crippen LogP contribution in [0.25, 0.3) is 0 Å². The van der Waals surface area contributed by atoms with Crippen molar-refractivity contribution in [1.29, 1.82) is 0 Å². The van der Waals surface area contributed by atoms with Crippen LogP contribution < -0.4 is 14.2 Å². The number of ether oxygens (including phenoxy) is 3. The van der Waals surface area contributed by atoms with Gasteiger partial charge in [0.15, 0.2) is 16.6 Å². The fourth-order valence-corrected chi connectivity index (χ4v) is 5.10. The highest BCUT2D eigenvalue weighted by molar-refractivity contribution is 7.96. The maximum atomic E-state index is 12.9. The zero-order valence-electron chi connectivity index (χ0n) is 16.8. The van der Waals surface area contributed by atoms with E-state index in [2.05, 4.69) is 37.8 Å². The van der Waals surface area contributed by atoms with Gasteiger partial charge in [0.05, 0.1) is 7.11 Å². The Hall–Kier alpha value is -2.92. The SMILES string of the molecule is COc1ccc(C2c3cc(C)ccc3C(c3ccc4c(c3)OCO4)C2C(=O)S)cc1. The van der Waals surface area contributed by atoms with Gasteiger partial charge in [-0.2, -0.15) is 0 Å². The van der Waals surface area contributed by atoms with Crippen molar-refractivity contribution in [3.05, 3.63) is 88.5 Å². The Morgan fingerprint density at radius 3 is 2.33 bits per heavy atom. The minimum Gasteiger partial charge on any atom is -0.497 e. The molecule has 0 amide bonds. The summed E-state index contributed by atoms with van der Waals surface area (Å²) < 4.78 is 16.4. The van der Waals surface area contributed by atoms with Crippen LogP contribution in [0.5, 0.6) is 17.2 Å². The predicted molar refractivity (Wildman–Crippen MR) is 118 cm³/mol. The van der Waals surface area contributed by atoms with Gasteiger partial charge in [0, 0.05) is 17.8 Å². The molecule has 3 atom stereocenters. The summed E-state index contributed by atoms with van der Waals surface area (Å²) in [4.78, 5) is 12.9. The van der Waals surface area contributed by atoms with E-state index in [0.29, 0.717) is 0 Å². The highest BCUT2D eigenvalue weighted by Crippen LogP contribution is 2.54. The second-order valence-corrected chi connectivity index (χ2v) is 8.28. The molecule has 0 aromatic heterocycles. The monoisotopic (exact) mass is 418 g/mol. The van der Waals surface area contributed by atoms with Crippen LogP contribution in [0.4, 0.5) is 0 Å². The first kappa shape index (κ1) is 19.1. The third kappa shape index (κ3) is 3.05. The summed E-state index contributed by atoms with van der Waals surface area (Å²) in [5, 5.41) is -0.118. The lowest BCUT2D eigenvalue weighted by molar-refractivity contribution is -0.114. The first-order valence-corrected chi connectivity index (χ1v) is 10.4. The molecule has 1 aliphatic heterocycles. The number of aryl methyl sites for hydroxylation is 1. The van der Waals surface area contributed by atoms with Crippen LogP contribution >= 0.6 is 12.6 Å². The molecule has 0 spiro atoms. The molecular weight excluding hydrogens is 396 g/mol. The molecule has 0 fully saturated rings. The van der Waals surface area contributed by atoms with Crippen molar-refractivity contribution in [3.8, 4) is 17.2 Å². The van der Waals surface area contributed by atoms with Crippen molar-refractivity contribution in [2.45, 2.75) is 18.8 Å². The molecule has 4 nitrogen and oxygen atoms in total. The Balaban J connectivity index is 1.68. The van der Waals surface area contributed by atoms with Crippen molar-refractivity contribution in [2.75, 3.05) is 13.9 Å². The van der Waals surface area contributed by atoms with Gasteiger partial charge in [0.25, 0.3) is 0 Å². The Kier molecular flexibility index (Phi) is 4.70. The molecule has 0 radical (unpaired) electrons. The first-order chi connectivity index (χ1) is 14.6. The third-order valence-corrected chi connectivity index (χ3v) is 6.44. The zero-order chi connectivity index (χ0) is 20.8. The van der Waals surface area contributed by atoms with Crippen LogP contribution in [0.3, 0.4) is 0 Å². The van der Waals surface area contributed by atoms with Crippen LogP contribution in [0.2, 0.25) is 0 Å². The molecule has 0 N–H and O–H groups in total. The number of methoxy groups -OCH3 is 1. The number of benzene rings is 3. The molecule has 1 aliphatic carbocycles. The number of hydrogen-bond donors (Lipinski definition) is 1. The molecule has 30 heavy (non-hydrogen) atoms. The maximum Gasteiger partial charge on any atom is 0.231 e. The van der Waals surface area contributed by atoms with Crippen LogP contribution in [-0.2, 0) is 4.79 Å². The average molecular weight is 419 g/mol. The van der Waals surface area contributed by atoms with E-state index in [1.165, 1.54) is 11.1 Å². The Morgan fingerprint density at radius 1 is 0.900 bits per heavy atom. The van der Waals surface area contributed by atoms with Gasteiger partial charge in [-0.1, -0.05) is 42.0 Å². The molecule has 3 unspecified atom stereocenters. The van der Waals surface area contributed by atoms with Gasteiger partial charge in [-0.3, -0.25) is 4.79 Å². The van der Waals surface area contributed by atoms with E-state index in [1.54, 1.807) is 7.11 Å². The van der Waals surface area contributed by atoms with Crippen molar-refractivity contribution >= 4 is 17.7 Å². The van der Waals surface area contributed by atoms with Crippen LogP contribution in [0.15, 0.2) is 60.7 Å². The standard InChI is InChI=1S/C25H22O4S/c1-14-3-9-18-19(11-14)22(15-4-7-17(27-2)8-5-15)24(25(26)30)23(18)16-6-10-20-21(12-16)29-13-28-20/h3-12,22-24H,13H2,1-2H3,(H,26,30). The molecule has 152 valence electrons. The summed E-state index contributed by atoms with van der Waals surface area (Å²) >= 11 is 4.34. The molecule has 3 aromatic carbocycles. The molecule has 5 heteroatoms. The van der Waals surface area contributed by atoms with E-state index in [4.69, 9.17) is 14.2 Å². The van der Waals surface area contributed by atoms with Crippen LogP contribution in [-0.4, -0.2) is 19.0 Å². The highest BCUT2D eigenvalue weighted by Gasteiger charge is 2.45. The van der Waals surface area contributed by atoms with Gasteiger partial charge in [0.1, 0.15) is 5.75 Å². The Labute approximate surface area is 181 Å². The van der Waals surface area contributed by atoms with Crippen molar-refractivity contribution < 1.29 is 19.0 Å². The van der Waals surface area contributed by atoms with Gasteiger partial charge in [0.2, 0.25) is 6.79 Å². The average Bonchev–Trinajstić information content (AvgIpc) is 3.35. The molecule has 0 bridgehead atoms. The number of carbonyl (C=O) groups excluding carboxylic acids is 1. The van der Waals surface area contributed by atoms with Crippen molar-refractivity contribution in [3.63, 3.8) is 0 Å². The predicted octanol–water partition coefficient (Wildman–Crippen LogP) is 5.08. The number of thiol groups is 1. The lowest BCUT2D eigenvalue weighted by Crippen LogP contribution is -2.20. The van der Waals surface area contributed by atoms with Gasteiger partial charge < -0.3 is 14.2 Å². The maximum absolute atomic E-state index is 12.9. The highest BCUT2D eigenvalue weighted by atomic mass is 32.1. The number of carbonyl (C=O) groups is 1. The first-order valence-electron chi connectivity index (χ1n) is 9.93. The smallest absolute Gasteiger partial charge is 0.231 e. The second kappa shape index (κ2) is 7.40. The summed E-state index contributed by atoms with van der Waals surface area (Å²) in [6.45, 7) is 2.30. The minimum absolute atomic E-state index is 0.0776. The van der Waals surface area contributed by atoms with E-state index in [9.17, 15) is 4.79 Å². The lowest BCUT2D eigenvalue weighted by Gasteiger charge is -2.24. The molecule has 0 saturated heterocycles. The summed E-state index contributed by atoms with van der Waals surface area (Å²) in [6.07, 6.45) is 0. The van der Waals surface area contributed by atoms with Crippen molar-refractivity contribution in [2.24, 2.45) is 5.92 Å². The summed E-state index contributed by atoms with van der Waals surface area (Å²) in [5.74, 6) is 1.75. The normalized spacial score (nSPS) is 21.4. The van der Waals surface area contributed by atoms with E-state index >= 15 is 0 Å². The van der Waals surface area contributed by atoms with Gasteiger partial charge in [-0.25, -0.2) is 0 Å². The fourth-order valence-electron chi connectivity index (χ4n) is 4.80. The van der Waals surface area contributed by atoms with E-state index in [0.717, 1.165) is 33.9 Å². The summed E-state index contributed by atoms with van der Waals surface area (Å²) in [5.41, 5.74) is 5.62. The van der Waals surface area contributed by atoms with Crippen LogP contribution in [0, 0.1) is 12.8 Å². The molecule has 3 aromatic rings. The molecule has 5 rings (SSSR count). The number of rotatable bonds is 4. The largest absolute Gasteiger partial charge is 0.497 e. The molecule has 2 aliphatic rings.